The van der Waals surface area contributed by atoms with Gasteiger partial charge in [0.2, 0.25) is 0 Å². The van der Waals surface area contributed by atoms with Crippen LogP contribution in [-0.2, 0) is 16.4 Å². The predicted octanol–water partition coefficient (Wildman–Crippen LogP) is 2.02. The molecule has 0 saturated heterocycles. The van der Waals surface area contributed by atoms with E-state index in [2.05, 4.69) is 4.98 Å². The van der Waals surface area contributed by atoms with Gasteiger partial charge in [-0.15, -0.1) is 0 Å². The second-order valence-corrected chi connectivity index (χ2v) is 6.64. The molecule has 1 aromatic heterocycles. The molecule has 0 unspecified atom stereocenters. The Morgan fingerprint density at radius 1 is 1.39 bits per heavy atom. The minimum absolute atomic E-state index is 0.0561. The molecular weight excluding hydrogens is 282 g/mol. The van der Waals surface area contributed by atoms with Gasteiger partial charge in [0.05, 0.1) is 11.3 Å². The number of nitrogens with zero attached hydrogens (tertiary/aromatic N) is 1. The Balaban J connectivity index is 2.57. The molecule has 8 heteroatoms. The number of aromatic amines is 1. The summed E-state index contributed by atoms with van der Waals surface area (Å²) in [5.41, 5.74) is 0.302. The van der Waals surface area contributed by atoms with E-state index in [0.717, 1.165) is 18.4 Å². The van der Waals surface area contributed by atoms with Gasteiger partial charge in [-0.1, -0.05) is 0 Å². The average molecular weight is 292 g/mol. The number of sulfone groups is 1. The molecule has 0 fully saturated rings. The van der Waals surface area contributed by atoms with E-state index in [-0.39, 0.29) is 28.1 Å². The van der Waals surface area contributed by atoms with Crippen LogP contribution in [0.15, 0.2) is 12.1 Å². The SMILES string of the molecule is CS(=O)(=O)CCn1c(=S)[nH]c2c(F)cc(F)cc21. The van der Waals surface area contributed by atoms with Gasteiger partial charge in [-0.05, 0) is 18.3 Å². The molecule has 0 aliphatic rings. The van der Waals surface area contributed by atoms with E-state index in [1.165, 1.54) is 4.57 Å². The van der Waals surface area contributed by atoms with E-state index in [1.54, 1.807) is 0 Å². The summed E-state index contributed by atoms with van der Waals surface area (Å²) in [4.78, 5) is 2.60. The van der Waals surface area contributed by atoms with Crippen molar-refractivity contribution in [2.75, 3.05) is 12.0 Å². The standard InChI is InChI=1S/C10H10F2N2O2S2/c1-18(15,16)3-2-14-8-5-6(11)4-7(12)9(8)13-10(14)17/h4-5H,2-3H2,1H3,(H,13,17). The van der Waals surface area contributed by atoms with Crippen molar-refractivity contribution in [3.05, 3.63) is 28.5 Å². The van der Waals surface area contributed by atoms with Crippen LogP contribution in [0.5, 0.6) is 0 Å². The highest BCUT2D eigenvalue weighted by Crippen LogP contribution is 2.19. The maximum absolute atomic E-state index is 13.5. The van der Waals surface area contributed by atoms with Crippen LogP contribution < -0.4 is 0 Å². The van der Waals surface area contributed by atoms with Crippen molar-refractivity contribution in [2.45, 2.75) is 6.54 Å². The smallest absolute Gasteiger partial charge is 0.178 e. The Bertz CT molecular complexity index is 762. The van der Waals surface area contributed by atoms with Crippen molar-refractivity contribution in [1.29, 1.82) is 0 Å². The molecule has 0 saturated carbocycles. The van der Waals surface area contributed by atoms with E-state index in [4.69, 9.17) is 12.2 Å². The summed E-state index contributed by atoms with van der Waals surface area (Å²) in [5, 5.41) is 0. The van der Waals surface area contributed by atoms with Crippen molar-refractivity contribution in [3.8, 4) is 0 Å². The maximum atomic E-state index is 13.5. The third-order valence-electron chi connectivity index (χ3n) is 2.49. The van der Waals surface area contributed by atoms with Gasteiger partial charge in [0.1, 0.15) is 21.2 Å². The summed E-state index contributed by atoms with van der Waals surface area (Å²) in [6, 6.07) is 1.86. The zero-order valence-electron chi connectivity index (χ0n) is 9.41. The Kier molecular flexibility index (Phi) is 3.24. The van der Waals surface area contributed by atoms with E-state index in [0.29, 0.717) is 0 Å². The van der Waals surface area contributed by atoms with Crippen LogP contribution in [0.2, 0.25) is 0 Å². The number of nitrogens with one attached hydrogen (secondary N) is 1. The minimum atomic E-state index is -3.17. The molecule has 1 heterocycles. The first-order chi connectivity index (χ1) is 8.28. The first-order valence-electron chi connectivity index (χ1n) is 5.03. The van der Waals surface area contributed by atoms with Crippen LogP contribution in [-0.4, -0.2) is 30.0 Å². The first-order valence-corrected chi connectivity index (χ1v) is 7.50. The lowest BCUT2D eigenvalue weighted by Gasteiger charge is -2.03. The molecule has 4 nitrogen and oxygen atoms in total. The van der Waals surface area contributed by atoms with E-state index >= 15 is 0 Å². The fraction of sp³-hybridized carbons (Fsp3) is 0.300. The molecule has 98 valence electrons. The summed E-state index contributed by atoms with van der Waals surface area (Å²) >= 11 is 4.97. The normalized spacial score (nSPS) is 12.2. The summed E-state index contributed by atoms with van der Waals surface area (Å²) in [7, 11) is -3.17. The van der Waals surface area contributed by atoms with Crippen molar-refractivity contribution in [2.24, 2.45) is 0 Å². The second kappa shape index (κ2) is 4.43. The molecule has 18 heavy (non-hydrogen) atoms. The zero-order chi connectivity index (χ0) is 13.5. The van der Waals surface area contributed by atoms with Crippen LogP contribution in [0, 0.1) is 16.4 Å². The number of rotatable bonds is 3. The molecule has 0 atom stereocenters. The Morgan fingerprint density at radius 2 is 2.06 bits per heavy atom. The molecular formula is C10H10F2N2O2S2. The fourth-order valence-corrected chi connectivity index (χ4v) is 2.47. The maximum Gasteiger partial charge on any atom is 0.178 e. The fourth-order valence-electron chi connectivity index (χ4n) is 1.66. The minimum Gasteiger partial charge on any atom is -0.328 e. The summed E-state index contributed by atoms with van der Waals surface area (Å²) < 4.78 is 50.3. The highest BCUT2D eigenvalue weighted by Gasteiger charge is 2.12. The molecule has 1 aromatic carbocycles. The van der Waals surface area contributed by atoms with Gasteiger partial charge >= 0.3 is 0 Å². The highest BCUT2D eigenvalue weighted by molar-refractivity contribution is 7.90. The van der Waals surface area contributed by atoms with Gasteiger partial charge in [-0.3, -0.25) is 0 Å². The van der Waals surface area contributed by atoms with Gasteiger partial charge in [-0.2, -0.15) is 0 Å². The van der Waals surface area contributed by atoms with Crippen molar-refractivity contribution >= 4 is 33.1 Å². The number of aromatic nitrogens is 2. The first kappa shape index (κ1) is 13.2. The van der Waals surface area contributed by atoms with E-state index < -0.39 is 21.5 Å². The van der Waals surface area contributed by atoms with Gasteiger partial charge in [0.15, 0.2) is 10.6 Å². The van der Waals surface area contributed by atoms with Crippen LogP contribution >= 0.6 is 12.2 Å². The molecule has 0 aliphatic carbocycles. The van der Waals surface area contributed by atoms with Crippen LogP contribution in [0.25, 0.3) is 11.0 Å². The number of hydrogen-bond donors (Lipinski definition) is 1. The van der Waals surface area contributed by atoms with Crippen LogP contribution in [0.1, 0.15) is 0 Å². The molecule has 1 N–H and O–H groups in total. The van der Waals surface area contributed by atoms with Crippen LogP contribution in [0.3, 0.4) is 0 Å². The number of imidazole rings is 1. The van der Waals surface area contributed by atoms with E-state index in [9.17, 15) is 17.2 Å². The number of H-pyrrole nitrogens is 1. The number of halogens is 2. The van der Waals surface area contributed by atoms with Crippen molar-refractivity contribution < 1.29 is 17.2 Å². The van der Waals surface area contributed by atoms with Gasteiger partial charge in [0.25, 0.3) is 0 Å². The lowest BCUT2D eigenvalue weighted by atomic mass is 10.3. The lowest BCUT2D eigenvalue weighted by Crippen LogP contribution is -2.11. The monoisotopic (exact) mass is 292 g/mol. The Hall–Kier alpha value is -1.28. The predicted molar refractivity (Wildman–Crippen MR) is 66.7 cm³/mol. The van der Waals surface area contributed by atoms with Gasteiger partial charge in [-0.25, -0.2) is 17.2 Å². The molecule has 0 spiro atoms. The largest absolute Gasteiger partial charge is 0.328 e. The van der Waals surface area contributed by atoms with Gasteiger partial charge < -0.3 is 9.55 Å². The molecule has 2 rings (SSSR count). The molecule has 2 aromatic rings. The molecule has 0 aliphatic heterocycles. The third kappa shape index (κ3) is 2.59. The topological polar surface area (TPSA) is 54.9 Å². The number of fused-ring (bicyclic) bond motifs is 1. The number of aryl methyl sites for hydroxylation is 1. The summed E-state index contributed by atoms with van der Waals surface area (Å²) in [6.07, 6.45) is 1.09. The average Bonchev–Trinajstić information content (AvgIpc) is 2.51. The quantitative estimate of drug-likeness (QED) is 0.881. The molecule has 0 amide bonds. The van der Waals surface area contributed by atoms with Gasteiger partial charge in [0, 0.05) is 18.9 Å². The number of benzene rings is 1. The highest BCUT2D eigenvalue weighted by atomic mass is 32.2. The second-order valence-electron chi connectivity index (χ2n) is 3.99. The Morgan fingerprint density at radius 3 is 2.67 bits per heavy atom. The zero-order valence-corrected chi connectivity index (χ0v) is 11.0. The Labute approximate surface area is 107 Å². The third-order valence-corrected chi connectivity index (χ3v) is 3.73. The van der Waals surface area contributed by atoms with Crippen LogP contribution in [0.4, 0.5) is 8.78 Å². The summed E-state index contributed by atoms with van der Waals surface area (Å²) in [5.74, 6) is -1.64. The summed E-state index contributed by atoms with van der Waals surface area (Å²) in [6.45, 7) is 0.0561. The number of hydrogen-bond acceptors (Lipinski definition) is 3. The van der Waals surface area contributed by atoms with Crippen molar-refractivity contribution in [3.63, 3.8) is 0 Å². The lowest BCUT2D eigenvalue weighted by molar-refractivity contribution is 0.589. The van der Waals surface area contributed by atoms with E-state index in [1.807, 2.05) is 0 Å². The molecule has 0 bridgehead atoms. The van der Waals surface area contributed by atoms with Crippen molar-refractivity contribution in [1.82, 2.24) is 9.55 Å². The molecule has 0 radical (unpaired) electrons.